The molecule has 18 heavy (non-hydrogen) atoms. The SMILES string of the molecule is COC(=O)c1cccc2ccc(S(=O)(=O)Cl)cc12. The molecule has 0 aliphatic carbocycles. The van der Waals surface area contributed by atoms with Crippen molar-refractivity contribution in [2.45, 2.75) is 4.90 Å². The second-order valence-electron chi connectivity index (χ2n) is 3.62. The topological polar surface area (TPSA) is 60.4 Å². The minimum Gasteiger partial charge on any atom is -0.465 e. The number of methoxy groups -OCH3 is 1. The zero-order chi connectivity index (χ0) is 13.3. The lowest BCUT2D eigenvalue weighted by atomic mass is 10.0. The van der Waals surface area contributed by atoms with Crippen molar-refractivity contribution in [3.63, 3.8) is 0 Å². The number of esters is 1. The van der Waals surface area contributed by atoms with Gasteiger partial charge in [0.2, 0.25) is 0 Å². The average Bonchev–Trinajstić information content (AvgIpc) is 2.35. The van der Waals surface area contributed by atoms with E-state index in [9.17, 15) is 13.2 Å². The molecule has 0 unspecified atom stereocenters. The highest BCUT2D eigenvalue weighted by molar-refractivity contribution is 8.13. The average molecular weight is 285 g/mol. The normalized spacial score (nSPS) is 11.4. The summed E-state index contributed by atoms with van der Waals surface area (Å²) in [5.74, 6) is -0.523. The van der Waals surface area contributed by atoms with Gasteiger partial charge < -0.3 is 4.74 Å². The fourth-order valence-corrected chi connectivity index (χ4v) is 2.47. The number of carbonyl (C=O) groups is 1. The summed E-state index contributed by atoms with van der Waals surface area (Å²) in [6.45, 7) is 0. The quantitative estimate of drug-likeness (QED) is 0.628. The molecule has 2 aromatic rings. The van der Waals surface area contributed by atoms with Crippen LogP contribution in [0.3, 0.4) is 0 Å². The van der Waals surface area contributed by atoms with Gasteiger partial charge in [0.15, 0.2) is 0 Å². The van der Waals surface area contributed by atoms with E-state index >= 15 is 0 Å². The number of fused-ring (bicyclic) bond motifs is 1. The van der Waals surface area contributed by atoms with E-state index in [-0.39, 0.29) is 4.90 Å². The van der Waals surface area contributed by atoms with Gasteiger partial charge in [0, 0.05) is 10.7 Å². The Kier molecular flexibility index (Phi) is 3.28. The monoisotopic (exact) mass is 284 g/mol. The number of hydrogen-bond donors (Lipinski definition) is 0. The number of benzene rings is 2. The molecule has 0 saturated carbocycles. The largest absolute Gasteiger partial charge is 0.465 e. The Balaban J connectivity index is 2.78. The van der Waals surface area contributed by atoms with Crippen molar-refractivity contribution in [3.05, 3.63) is 42.0 Å². The summed E-state index contributed by atoms with van der Waals surface area (Å²) in [4.78, 5) is 11.5. The Morgan fingerprint density at radius 3 is 2.56 bits per heavy atom. The van der Waals surface area contributed by atoms with Gasteiger partial charge in [-0.1, -0.05) is 18.2 Å². The third kappa shape index (κ3) is 2.32. The van der Waals surface area contributed by atoms with Crippen molar-refractivity contribution in [1.29, 1.82) is 0 Å². The van der Waals surface area contributed by atoms with E-state index in [1.165, 1.54) is 19.2 Å². The van der Waals surface area contributed by atoms with Crippen LogP contribution in [0.1, 0.15) is 10.4 Å². The van der Waals surface area contributed by atoms with Gasteiger partial charge in [-0.15, -0.1) is 0 Å². The van der Waals surface area contributed by atoms with Crippen LogP contribution in [-0.4, -0.2) is 21.5 Å². The predicted octanol–water partition coefficient (Wildman–Crippen LogP) is 2.55. The lowest BCUT2D eigenvalue weighted by Crippen LogP contribution is -2.02. The molecular formula is C12H9ClO4S. The molecule has 0 spiro atoms. The molecule has 0 fully saturated rings. The fraction of sp³-hybridized carbons (Fsp3) is 0.0833. The predicted molar refractivity (Wildman–Crippen MR) is 68.3 cm³/mol. The van der Waals surface area contributed by atoms with Gasteiger partial charge in [-0.25, -0.2) is 13.2 Å². The van der Waals surface area contributed by atoms with Crippen LogP contribution in [0.2, 0.25) is 0 Å². The van der Waals surface area contributed by atoms with Gasteiger partial charge in [0.05, 0.1) is 17.6 Å². The second kappa shape index (κ2) is 4.59. The fourth-order valence-electron chi connectivity index (χ4n) is 1.69. The zero-order valence-electron chi connectivity index (χ0n) is 9.38. The molecule has 0 aromatic heterocycles. The van der Waals surface area contributed by atoms with Crippen LogP contribution in [0.4, 0.5) is 0 Å². The summed E-state index contributed by atoms with van der Waals surface area (Å²) in [5.41, 5.74) is 0.303. The van der Waals surface area contributed by atoms with Gasteiger partial charge in [-0.2, -0.15) is 0 Å². The first kappa shape index (κ1) is 12.9. The van der Waals surface area contributed by atoms with Gasteiger partial charge in [-0.05, 0) is 29.0 Å². The molecule has 0 atom stereocenters. The molecule has 0 heterocycles. The second-order valence-corrected chi connectivity index (χ2v) is 6.18. The number of hydrogen-bond acceptors (Lipinski definition) is 4. The first-order chi connectivity index (χ1) is 8.43. The Morgan fingerprint density at radius 1 is 1.22 bits per heavy atom. The van der Waals surface area contributed by atoms with Crippen LogP contribution < -0.4 is 0 Å². The van der Waals surface area contributed by atoms with Crippen LogP contribution in [0.5, 0.6) is 0 Å². The maximum Gasteiger partial charge on any atom is 0.338 e. The van der Waals surface area contributed by atoms with Gasteiger partial charge in [-0.3, -0.25) is 0 Å². The molecule has 6 heteroatoms. The molecule has 0 amide bonds. The van der Waals surface area contributed by atoms with Crippen molar-refractivity contribution >= 4 is 36.5 Å². The first-order valence-corrected chi connectivity index (χ1v) is 7.30. The Bertz CT molecular complexity index is 722. The van der Waals surface area contributed by atoms with Crippen molar-refractivity contribution in [3.8, 4) is 0 Å². The molecule has 0 radical (unpaired) electrons. The number of rotatable bonds is 2. The van der Waals surface area contributed by atoms with E-state index in [0.717, 1.165) is 5.39 Å². The molecule has 0 aliphatic heterocycles. The number of halogens is 1. The number of carbonyl (C=O) groups excluding carboxylic acids is 1. The Morgan fingerprint density at radius 2 is 1.94 bits per heavy atom. The molecule has 94 valence electrons. The maximum absolute atomic E-state index is 11.6. The van der Waals surface area contributed by atoms with Crippen LogP contribution in [0, 0.1) is 0 Å². The molecule has 0 bridgehead atoms. The number of ether oxygens (including phenoxy) is 1. The van der Waals surface area contributed by atoms with Gasteiger partial charge in [0.1, 0.15) is 0 Å². The highest BCUT2D eigenvalue weighted by Gasteiger charge is 2.14. The molecule has 2 aromatic carbocycles. The van der Waals surface area contributed by atoms with E-state index in [0.29, 0.717) is 10.9 Å². The lowest BCUT2D eigenvalue weighted by molar-refractivity contribution is 0.0603. The van der Waals surface area contributed by atoms with Crippen molar-refractivity contribution in [2.24, 2.45) is 0 Å². The first-order valence-electron chi connectivity index (χ1n) is 4.99. The summed E-state index contributed by atoms with van der Waals surface area (Å²) in [6, 6.07) is 9.39. The highest BCUT2D eigenvalue weighted by atomic mass is 35.7. The molecule has 0 N–H and O–H groups in total. The smallest absolute Gasteiger partial charge is 0.338 e. The maximum atomic E-state index is 11.6. The standard InChI is InChI=1S/C12H9ClO4S/c1-17-12(14)10-4-2-3-8-5-6-9(7-11(8)10)18(13,15)16/h2-7H,1H3. The van der Waals surface area contributed by atoms with E-state index < -0.39 is 15.0 Å². The molecule has 0 aliphatic rings. The lowest BCUT2D eigenvalue weighted by Gasteiger charge is -2.05. The van der Waals surface area contributed by atoms with E-state index in [1.54, 1.807) is 24.3 Å². The van der Waals surface area contributed by atoms with Crippen LogP contribution in [0.25, 0.3) is 10.8 Å². The third-order valence-corrected chi connectivity index (χ3v) is 3.89. The van der Waals surface area contributed by atoms with Crippen LogP contribution in [-0.2, 0) is 13.8 Å². The molecule has 0 saturated heterocycles. The molecule has 2 rings (SSSR count). The Hall–Kier alpha value is -1.59. The van der Waals surface area contributed by atoms with Gasteiger partial charge >= 0.3 is 5.97 Å². The highest BCUT2D eigenvalue weighted by Crippen LogP contribution is 2.25. The third-order valence-electron chi connectivity index (χ3n) is 2.54. The summed E-state index contributed by atoms with van der Waals surface area (Å²) < 4.78 is 27.2. The summed E-state index contributed by atoms with van der Waals surface area (Å²) in [7, 11) is 2.72. The van der Waals surface area contributed by atoms with Crippen molar-refractivity contribution in [2.75, 3.05) is 7.11 Å². The van der Waals surface area contributed by atoms with Crippen molar-refractivity contribution in [1.82, 2.24) is 0 Å². The Labute approximate surface area is 109 Å². The van der Waals surface area contributed by atoms with E-state index in [2.05, 4.69) is 4.74 Å². The minimum atomic E-state index is -3.82. The van der Waals surface area contributed by atoms with E-state index in [1.807, 2.05) is 0 Å². The molecular weight excluding hydrogens is 276 g/mol. The summed E-state index contributed by atoms with van der Waals surface area (Å²) in [6.07, 6.45) is 0. The van der Waals surface area contributed by atoms with Crippen LogP contribution in [0.15, 0.2) is 41.3 Å². The summed E-state index contributed by atoms with van der Waals surface area (Å²) in [5, 5.41) is 1.23. The van der Waals surface area contributed by atoms with Gasteiger partial charge in [0.25, 0.3) is 9.05 Å². The van der Waals surface area contributed by atoms with Crippen molar-refractivity contribution < 1.29 is 17.9 Å². The minimum absolute atomic E-state index is 0.0481. The summed E-state index contributed by atoms with van der Waals surface area (Å²) >= 11 is 0. The zero-order valence-corrected chi connectivity index (χ0v) is 11.0. The molecule has 4 nitrogen and oxygen atoms in total. The van der Waals surface area contributed by atoms with Crippen LogP contribution >= 0.6 is 10.7 Å². The van der Waals surface area contributed by atoms with E-state index in [4.69, 9.17) is 10.7 Å².